The molecule has 1 heterocycles. The molecule has 2 aromatic rings. The third kappa shape index (κ3) is 6.71. The number of carbonyl (C=O) groups excluding carboxylic acids is 2. The average molecular weight is 490 g/mol. The Bertz CT molecular complexity index is 1110. The third-order valence-electron chi connectivity index (χ3n) is 5.62. The maximum Gasteiger partial charge on any atom is 0.262 e. The summed E-state index contributed by atoms with van der Waals surface area (Å²) in [6.45, 7) is 1.99. The molecule has 0 unspecified atom stereocenters. The minimum Gasteiger partial charge on any atom is -0.497 e. The van der Waals surface area contributed by atoms with Gasteiger partial charge in [0.1, 0.15) is 5.75 Å². The molecular weight excluding hydrogens is 458 g/mol. The van der Waals surface area contributed by atoms with Crippen LogP contribution in [0.15, 0.2) is 53.4 Å². The van der Waals surface area contributed by atoms with Crippen LogP contribution >= 0.6 is 0 Å². The smallest absolute Gasteiger partial charge is 0.262 e. The van der Waals surface area contributed by atoms with Crippen molar-refractivity contribution in [3.63, 3.8) is 0 Å². The first kappa shape index (κ1) is 25.5. The van der Waals surface area contributed by atoms with Crippen molar-refractivity contribution in [3.8, 4) is 5.75 Å². The van der Waals surface area contributed by atoms with Crippen molar-refractivity contribution in [2.24, 2.45) is 5.92 Å². The van der Waals surface area contributed by atoms with E-state index < -0.39 is 10.0 Å². The molecular formula is C24H31N3O6S. The number of hydrogen-bond donors (Lipinski definition) is 2. The summed E-state index contributed by atoms with van der Waals surface area (Å²) >= 11 is 0. The van der Waals surface area contributed by atoms with Gasteiger partial charge in [-0.2, -0.15) is 0 Å². The molecule has 2 aromatic carbocycles. The maximum atomic E-state index is 13.1. The summed E-state index contributed by atoms with van der Waals surface area (Å²) in [6.07, 6.45) is 2.18. The highest BCUT2D eigenvalue weighted by Gasteiger charge is 2.29. The Hall–Kier alpha value is -3.11. The lowest BCUT2D eigenvalue weighted by Crippen LogP contribution is -2.45. The van der Waals surface area contributed by atoms with Crippen LogP contribution in [0.3, 0.4) is 0 Å². The molecule has 184 valence electrons. The van der Waals surface area contributed by atoms with E-state index in [0.717, 1.165) is 19.3 Å². The predicted molar refractivity (Wildman–Crippen MR) is 128 cm³/mol. The molecule has 0 aliphatic carbocycles. The Labute approximate surface area is 200 Å². The zero-order chi connectivity index (χ0) is 24.6. The van der Waals surface area contributed by atoms with E-state index in [2.05, 4.69) is 10.0 Å². The van der Waals surface area contributed by atoms with Gasteiger partial charge in [0.2, 0.25) is 5.91 Å². The molecule has 0 radical (unpaired) electrons. The number of sulfonamides is 1. The summed E-state index contributed by atoms with van der Waals surface area (Å²) in [4.78, 5) is 27.3. The van der Waals surface area contributed by atoms with Crippen molar-refractivity contribution >= 4 is 27.5 Å². The summed E-state index contributed by atoms with van der Waals surface area (Å²) in [7, 11) is -0.784. The van der Waals surface area contributed by atoms with Crippen molar-refractivity contribution in [3.05, 3.63) is 54.1 Å². The fraction of sp³-hybridized carbons (Fsp3) is 0.417. The van der Waals surface area contributed by atoms with Crippen LogP contribution in [0.1, 0.15) is 29.6 Å². The van der Waals surface area contributed by atoms with Crippen LogP contribution in [0, 0.1) is 5.92 Å². The maximum absolute atomic E-state index is 13.1. The van der Waals surface area contributed by atoms with Crippen LogP contribution in [0.2, 0.25) is 0 Å². The number of anilines is 1. The van der Waals surface area contributed by atoms with Gasteiger partial charge in [-0.3, -0.25) is 14.3 Å². The van der Waals surface area contributed by atoms with E-state index in [9.17, 15) is 18.0 Å². The number of nitrogens with zero attached hydrogens (tertiary/aromatic N) is 1. The van der Waals surface area contributed by atoms with Crippen molar-refractivity contribution < 1.29 is 27.5 Å². The molecule has 9 nitrogen and oxygen atoms in total. The van der Waals surface area contributed by atoms with Crippen molar-refractivity contribution in [1.82, 2.24) is 10.2 Å². The van der Waals surface area contributed by atoms with Crippen LogP contribution in [0.5, 0.6) is 5.75 Å². The summed E-state index contributed by atoms with van der Waals surface area (Å²) < 4.78 is 38.2. The van der Waals surface area contributed by atoms with Gasteiger partial charge in [0.15, 0.2) is 0 Å². The monoisotopic (exact) mass is 489 g/mol. The predicted octanol–water partition coefficient (Wildman–Crippen LogP) is 2.50. The SMILES string of the molecule is COCCCNC(=O)[C@@H]1CCCN(C(=O)c2cccc(NS(=O)(=O)c3cccc(OC)c3)c2)C1. The molecule has 3 rings (SSSR count). The summed E-state index contributed by atoms with van der Waals surface area (Å²) in [6, 6.07) is 12.5. The molecule has 1 aliphatic rings. The molecule has 0 bridgehead atoms. The van der Waals surface area contributed by atoms with Gasteiger partial charge in [-0.05, 0) is 49.6 Å². The van der Waals surface area contributed by atoms with E-state index in [4.69, 9.17) is 9.47 Å². The van der Waals surface area contributed by atoms with Crippen LogP contribution < -0.4 is 14.8 Å². The first-order valence-corrected chi connectivity index (χ1v) is 12.6. The molecule has 2 amide bonds. The summed E-state index contributed by atoms with van der Waals surface area (Å²) in [5.74, 6) is -0.142. The van der Waals surface area contributed by atoms with Gasteiger partial charge in [-0.15, -0.1) is 0 Å². The van der Waals surface area contributed by atoms with E-state index in [0.29, 0.717) is 37.6 Å². The number of hydrogen-bond acceptors (Lipinski definition) is 6. The van der Waals surface area contributed by atoms with Crippen LogP contribution in [-0.2, 0) is 19.6 Å². The van der Waals surface area contributed by atoms with E-state index >= 15 is 0 Å². The van der Waals surface area contributed by atoms with Gasteiger partial charge >= 0.3 is 0 Å². The van der Waals surface area contributed by atoms with Gasteiger partial charge < -0.3 is 19.7 Å². The Morgan fingerprint density at radius 3 is 2.68 bits per heavy atom. The molecule has 1 saturated heterocycles. The zero-order valence-electron chi connectivity index (χ0n) is 19.5. The Balaban J connectivity index is 1.66. The number of rotatable bonds is 10. The molecule has 0 aromatic heterocycles. The number of nitrogens with one attached hydrogen (secondary N) is 2. The fourth-order valence-electron chi connectivity index (χ4n) is 3.83. The second kappa shape index (κ2) is 11.8. The number of benzene rings is 2. The van der Waals surface area contributed by atoms with Crippen molar-refractivity contribution in [2.75, 3.05) is 45.2 Å². The molecule has 0 saturated carbocycles. The number of ether oxygens (including phenoxy) is 2. The quantitative estimate of drug-likeness (QED) is 0.496. The lowest BCUT2D eigenvalue weighted by atomic mass is 9.96. The zero-order valence-corrected chi connectivity index (χ0v) is 20.3. The second-order valence-electron chi connectivity index (χ2n) is 8.09. The highest BCUT2D eigenvalue weighted by Crippen LogP contribution is 2.23. The largest absolute Gasteiger partial charge is 0.497 e. The number of likely N-dealkylation sites (tertiary alicyclic amines) is 1. The minimum absolute atomic E-state index is 0.0546. The molecule has 2 N–H and O–H groups in total. The Morgan fingerprint density at radius 1 is 1.12 bits per heavy atom. The summed E-state index contributed by atoms with van der Waals surface area (Å²) in [5.41, 5.74) is 0.630. The lowest BCUT2D eigenvalue weighted by Gasteiger charge is -2.32. The normalized spacial score (nSPS) is 16.1. The highest BCUT2D eigenvalue weighted by molar-refractivity contribution is 7.92. The number of methoxy groups -OCH3 is 2. The lowest BCUT2D eigenvalue weighted by molar-refractivity contribution is -0.126. The second-order valence-corrected chi connectivity index (χ2v) is 9.78. The Morgan fingerprint density at radius 2 is 1.91 bits per heavy atom. The van der Waals surface area contributed by atoms with E-state index in [1.54, 1.807) is 42.3 Å². The Kier molecular flexibility index (Phi) is 8.89. The first-order chi connectivity index (χ1) is 16.3. The molecule has 1 fully saturated rings. The molecule has 1 atom stereocenters. The molecule has 1 aliphatic heterocycles. The van der Waals surface area contributed by atoms with E-state index in [-0.39, 0.29) is 28.3 Å². The number of piperidine rings is 1. The summed E-state index contributed by atoms with van der Waals surface area (Å²) in [5, 5.41) is 2.90. The van der Waals surface area contributed by atoms with Gasteiger partial charge in [0, 0.05) is 50.7 Å². The van der Waals surface area contributed by atoms with E-state index in [1.165, 1.54) is 25.3 Å². The highest BCUT2D eigenvalue weighted by atomic mass is 32.2. The van der Waals surface area contributed by atoms with Crippen LogP contribution in [-0.4, -0.2) is 65.6 Å². The minimum atomic E-state index is -3.86. The topological polar surface area (TPSA) is 114 Å². The van der Waals surface area contributed by atoms with Crippen molar-refractivity contribution in [1.29, 1.82) is 0 Å². The van der Waals surface area contributed by atoms with Gasteiger partial charge in [-0.25, -0.2) is 8.42 Å². The standard InChI is InChI=1S/C24H31N3O6S/c1-32-14-6-12-25-23(28)19-8-5-13-27(17-19)24(29)18-7-3-9-20(15-18)26-34(30,31)22-11-4-10-21(16-22)33-2/h3-4,7,9-11,15-16,19,26H,5-6,8,12-14,17H2,1-2H3,(H,25,28)/t19-/m1/s1. The fourth-order valence-corrected chi connectivity index (χ4v) is 4.91. The van der Waals surface area contributed by atoms with Crippen molar-refractivity contribution in [2.45, 2.75) is 24.2 Å². The third-order valence-corrected chi connectivity index (χ3v) is 7.00. The van der Waals surface area contributed by atoms with Gasteiger partial charge in [0.25, 0.3) is 15.9 Å². The van der Waals surface area contributed by atoms with Gasteiger partial charge in [-0.1, -0.05) is 12.1 Å². The first-order valence-electron chi connectivity index (χ1n) is 11.2. The van der Waals surface area contributed by atoms with Gasteiger partial charge in [0.05, 0.1) is 17.9 Å². The molecule has 34 heavy (non-hydrogen) atoms. The number of carbonyl (C=O) groups is 2. The van der Waals surface area contributed by atoms with E-state index in [1.807, 2.05) is 0 Å². The molecule has 0 spiro atoms. The number of amides is 2. The van der Waals surface area contributed by atoms with Crippen LogP contribution in [0.25, 0.3) is 0 Å². The molecule has 10 heteroatoms. The van der Waals surface area contributed by atoms with Crippen LogP contribution in [0.4, 0.5) is 5.69 Å². The average Bonchev–Trinajstić information content (AvgIpc) is 2.86.